The third-order valence-corrected chi connectivity index (χ3v) is 4.44. The van der Waals surface area contributed by atoms with Crippen molar-refractivity contribution in [3.05, 3.63) is 12.7 Å². The van der Waals surface area contributed by atoms with E-state index < -0.39 is 0 Å². The van der Waals surface area contributed by atoms with Gasteiger partial charge in [-0.3, -0.25) is 4.79 Å². The number of allylic oxidation sites excluding steroid dienone is 1. The fourth-order valence-corrected chi connectivity index (χ4v) is 3.80. The highest BCUT2D eigenvalue weighted by atomic mass is 16.1. The van der Waals surface area contributed by atoms with Gasteiger partial charge in [-0.25, -0.2) is 0 Å². The average Bonchev–Trinajstić information content (AvgIpc) is 2.48. The highest BCUT2D eigenvalue weighted by Gasteiger charge is 2.59. The van der Waals surface area contributed by atoms with Gasteiger partial charge in [-0.15, -0.1) is 6.58 Å². The van der Waals surface area contributed by atoms with E-state index in [1.54, 1.807) is 0 Å². The van der Waals surface area contributed by atoms with E-state index in [4.69, 9.17) is 0 Å². The maximum atomic E-state index is 12.2. The molecule has 0 aliphatic heterocycles. The fraction of sp³-hybridized carbons (Fsp3) is 0.769. The van der Waals surface area contributed by atoms with Crippen molar-refractivity contribution in [2.75, 3.05) is 0 Å². The normalized spacial score (nSPS) is 45.2. The fourth-order valence-electron chi connectivity index (χ4n) is 3.80. The van der Waals surface area contributed by atoms with E-state index in [1.165, 1.54) is 12.8 Å². The first kappa shape index (κ1) is 9.95. The number of fused-ring (bicyclic) bond motifs is 1. The van der Waals surface area contributed by atoms with Gasteiger partial charge in [-0.05, 0) is 30.1 Å². The number of rotatable bonds is 1. The second kappa shape index (κ2) is 2.71. The first-order valence-electron chi connectivity index (χ1n) is 5.57. The summed E-state index contributed by atoms with van der Waals surface area (Å²) in [6, 6.07) is 0. The van der Waals surface area contributed by atoms with Gasteiger partial charge in [0.05, 0.1) is 0 Å². The zero-order valence-electron chi connectivity index (χ0n) is 9.47. The minimum absolute atomic E-state index is 0.129. The van der Waals surface area contributed by atoms with Crippen LogP contribution in [-0.4, -0.2) is 5.78 Å². The SMILES string of the molecule is C=C[C@H]1C[C@]2(C)CCC(C)(C)[C@@H]2C1=O. The predicted molar refractivity (Wildman–Crippen MR) is 57.9 cm³/mol. The van der Waals surface area contributed by atoms with Gasteiger partial charge in [-0.2, -0.15) is 0 Å². The molecule has 2 saturated carbocycles. The van der Waals surface area contributed by atoms with Gasteiger partial charge in [0.25, 0.3) is 0 Å². The lowest BCUT2D eigenvalue weighted by Crippen LogP contribution is -2.30. The van der Waals surface area contributed by atoms with Gasteiger partial charge in [0.2, 0.25) is 0 Å². The zero-order valence-corrected chi connectivity index (χ0v) is 9.47. The van der Waals surface area contributed by atoms with Gasteiger partial charge >= 0.3 is 0 Å². The molecule has 1 heteroatoms. The molecule has 0 amide bonds. The Morgan fingerprint density at radius 1 is 1.36 bits per heavy atom. The van der Waals surface area contributed by atoms with Crippen molar-refractivity contribution in [3.8, 4) is 0 Å². The van der Waals surface area contributed by atoms with E-state index in [0.717, 1.165) is 6.42 Å². The number of hydrogen-bond acceptors (Lipinski definition) is 1. The van der Waals surface area contributed by atoms with Gasteiger partial charge in [0, 0.05) is 11.8 Å². The number of ketones is 1. The van der Waals surface area contributed by atoms with E-state index in [-0.39, 0.29) is 22.7 Å². The quantitative estimate of drug-likeness (QED) is 0.583. The summed E-state index contributed by atoms with van der Waals surface area (Å²) in [6.45, 7) is 10.5. The number of carbonyl (C=O) groups excluding carboxylic acids is 1. The smallest absolute Gasteiger partial charge is 0.143 e. The Kier molecular flexibility index (Phi) is 1.93. The van der Waals surface area contributed by atoms with Crippen LogP contribution in [-0.2, 0) is 4.79 Å². The summed E-state index contributed by atoms with van der Waals surface area (Å²) in [5, 5.41) is 0. The van der Waals surface area contributed by atoms with Crippen molar-refractivity contribution < 1.29 is 4.79 Å². The molecular formula is C13H20O. The zero-order chi connectivity index (χ0) is 10.6. The summed E-state index contributed by atoms with van der Waals surface area (Å²) >= 11 is 0. The van der Waals surface area contributed by atoms with E-state index in [2.05, 4.69) is 27.4 Å². The van der Waals surface area contributed by atoms with Crippen molar-refractivity contribution in [1.82, 2.24) is 0 Å². The summed E-state index contributed by atoms with van der Waals surface area (Å²) in [6.07, 6.45) is 5.29. The van der Waals surface area contributed by atoms with Crippen LogP contribution in [0.2, 0.25) is 0 Å². The summed E-state index contributed by atoms with van der Waals surface area (Å²) in [4.78, 5) is 12.2. The molecule has 14 heavy (non-hydrogen) atoms. The Morgan fingerprint density at radius 2 is 2.00 bits per heavy atom. The molecule has 0 spiro atoms. The Morgan fingerprint density at radius 3 is 2.50 bits per heavy atom. The third-order valence-electron chi connectivity index (χ3n) is 4.44. The number of Topliss-reactive ketones (excluding diaryl/α,β-unsaturated/α-hetero) is 1. The first-order chi connectivity index (χ1) is 6.41. The largest absolute Gasteiger partial charge is 0.299 e. The van der Waals surface area contributed by atoms with Crippen LogP contribution in [0.5, 0.6) is 0 Å². The van der Waals surface area contributed by atoms with E-state index >= 15 is 0 Å². The molecule has 0 radical (unpaired) electrons. The molecule has 0 saturated heterocycles. The number of hydrogen-bond donors (Lipinski definition) is 0. The van der Waals surface area contributed by atoms with Crippen molar-refractivity contribution in [2.45, 2.75) is 40.0 Å². The molecule has 0 N–H and O–H groups in total. The maximum absolute atomic E-state index is 12.2. The lowest BCUT2D eigenvalue weighted by molar-refractivity contribution is -0.126. The van der Waals surface area contributed by atoms with Crippen LogP contribution in [0.15, 0.2) is 12.7 Å². The van der Waals surface area contributed by atoms with E-state index in [0.29, 0.717) is 5.78 Å². The molecule has 2 fully saturated rings. The highest BCUT2D eigenvalue weighted by molar-refractivity contribution is 5.89. The predicted octanol–water partition coefficient (Wildman–Crippen LogP) is 3.20. The molecule has 0 unspecified atom stereocenters. The van der Waals surface area contributed by atoms with Crippen molar-refractivity contribution in [3.63, 3.8) is 0 Å². The molecule has 0 bridgehead atoms. The van der Waals surface area contributed by atoms with E-state index in [9.17, 15) is 4.79 Å². The molecule has 0 aromatic carbocycles. The van der Waals surface area contributed by atoms with Gasteiger partial charge in [0.1, 0.15) is 5.78 Å². The van der Waals surface area contributed by atoms with Crippen LogP contribution in [0.4, 0.5) is 0 Å². The second-order valence-electron chi connectivity index (χ2n) is 6.02. The Labute approximate surface area is 86.6 Å². The summed E-state index contributed by atoms with van der Waals surface area (Å²) in [7, 11) is 0. The maximum Gasteiger partial charge on any atom is 0.143 e. The minimum atomic E-state index is 0.129. The van der Waals surface area contributed by atoms with Gasteiger partial charge < -0.3 is 0 Å². The third kappa shape index (κ3) is 1.11. The molecule has 2 aliphatic rings. The van der Waals surface area contributed by atoms with Crippen molar-refractivity contribution in [1.29, 1.82) is 0 Å². The van der Waals surface area contributed by atoms with Gasteiger partial charge in [-0.1, -0.05) is 26.8 Å². The van der Waals surface area contributed by atoms with E-state index in [1.807, 2.05) is 6.08 Å². The topological polar surface area (TPSA) is 17.1 Å². The van der Waals surface area contributed by atoms with Crippen LogP contribution < -0.4 is 0 Å². The first-order valence-corrected chi connectivity index (χ1v) is 5.57. The van der Waals surface area contributed by atoms with Crippen molar-refractivity contribution in [2.24, 2.45) is 22.7 Å². The Bertz CT molecular complexity index is 290. The molecule has 1 nitrogen and oxygen atoms in total. The van der Waals surface area contributed by atoms with Crippen molar-refractivity contribution >= 4 is 5.78 Å². The molecular weight excluding hydrogens is 172 g/mol. The Balaban J connectivity index is 2.38. The van der Waals surface area contributed by atoms with Crippen LogP contribution >= 0.6 is 0 Å². The second-order valence-corrected chi connectivity index (χ2v) is 6.02. The summed E-state index contributed by atoms with van der Waals surface area (Å²) < 4.78 is 0. The average molecular weight is 192 g/mol. The molecule has 2 aliphatic carbocycles. The number of carbonyl (C=O) groups is 1. The van der Waals surface area contributed by atoms with Crippen LogP contribution in [0.3, 0.4) is 0 Å². The molecule has 0 aromatic heterocycles. The Hall–Kier alpha value is -0.590. The molecule has 3 atom stereocenters. The van der Waals surface area contributed by atoms with Gasteiger partial charge in [0.15, 0.2) is 0 Å². The molecule has 2 rings (SSSR count). The summed E-state index contributed by atoms with van der Waals surface area (Å²) in [5.74, 6) is 0.854. The van der Waals surface area contributed by atoms with Crippen LogP contribution in [0.25, 0.3) is 0 Å². The monoisotopic (exact) mass is 192 g/mol. The standard InChI is InChI=1S/C13H20O/c1-5-9-8-13(4)7-6-12(2,3)11(13)10(9)14/h5,9,11H,1,6-8H2,2-4H3/t9-,11-,13-/m0/s1. The summed E-state index contributed by atoms with van der Waals surface area (Å²) in [5.41, 5.74) is 0.475. The molecule has 0 heterocycles. The van der Waals surface area contributed by atoms with Crippen LogP contribution in [0.1, 0.15) is 40.0 Å². The lowest BCUT2D eigenvalue weighted by Gasteiger charge is -2.29. The molecule has 0 aromatic rings. The van der Waals surface area contributed by atoms with Crippen LogP contribution in [0, 0.1) is 22.7 Å². The minimum Gasteiger partial charge on any atom is -0.299 e. The molecule has 78 valence electrons. The highest BCUT2D eigenvalue weighted by Crippen LogP contribution is 2.61. The lowest BCUT2D eigenvalue weighted by atomic mass is 9.73.